The third kappa shape index (κ3) is 1.36. The van der Waals surface area contributed by atoms with Crippen molar-refractivity contribution in [1.82, 2.24) is 0 Å². The first-order valence-corrected chi connectivity index (χ1v) is 0.533. The molecule has 0 aliphatic carbocycles. The van der Waals surface area contributed by atoms with Gasteiger partial charge in [-0.1, -0.05) is 10.2 Å². The van der Waals surface area contributed by atoms with Crippen LogP contribution in [0.15, 0.2) is 0 Å². The van der Waals surface area contributed by atoms with E-state index < -0.39 is 0 Å². The van der Waals surface area contributed by atoms with Gasteiger partial charge >= 0.3 is 0 Å². The molecule has 0 fully saturated rings. The molecule has 0 amide bonds. The Balaban J connectivity index is 0. The SMILES string of the molecule is N#N.O=[O+][O-]. The third-order valence-corrected chi connectivity index (χ3v) is 0. The summed E-state index contributed by atoms with van der Waals surface area (Å²) in [5, 5.41) is 19.9. The van der Waals surface area contributed by atoms with E-state index >= 15 is 0 Å². The van der Waals surface area contributed by atoms with Crippen LogP contribution in [0.5, 0.6) is 0 Å². The van der Waals surface area contributed by atoms with Crippen molar-refractivity contribution in [3.63, 3.8) is 0 Å². The zero-order chi connectivity index (χ0) is 4.71. The van der Waals surface area contributed by atoms with Gasteiger partial charge in [-0.2, -0.15) is 0 Å². The van der Waals surface area contributed by atoms with Crippen molar-refractivity contribution in [3.05, 3.63) is 9.71 Å². The van der Waals surface area contributed by atoms with Crippen molar-refractivity contribution >= 4 is 0 Å². The van der Waals surface area contributed by atoms with Crippen LogP contribution in [0, 0.1) is 20.5 Å². The summed E-state index contributed by atoms with van der Waals surface area (Å²) in [4.78, 5) is 7.88. The fraction of sp³-hybridized carbons (Fsp3) is 0. The van der Waals surface area contributed by atoms with E-state index in [9.17, 15) is 0 Å². The second kappa shape index (κ2) is 288. The zero-order valence-corrected chi connectivity index (χ0v) is 2.12. The summed E-state index contributed by atoms with van der Waals surface area (Å²) in [6.45, 7) is 0. The first-order chi connectivity index (χ1) is 2.41. The van der Waals surface area contributed by atoms with E-state index in [1.165, 1.54) is 0 Å². The van der Waals surface area contributed by atoms with Gasteiger partial charge in [0.1, 0.15) is 0 Å². The highest BCUT2D eigenvalue weighted by Gasteiger charge is 1.27. The summed E-state index contributed by atoms with van der Waals surface area (Å²) in [5.41, 5.74) is 0. The maximum Gasteiger partial charge on any atom is 0.154 e. The van der Waals surface area contributed by atoms with E-state index in [0.717, 1.165) is 0 Å². The second-order valence-electron chi connectivity index (χ2n) is 0.0680. The van der Waals surface area contributed by atoms with Crippen LogP contribution in [0.3, 0.4) is 0 Å². The van der Waals surface area contributed by atoms with Crippen molar-refractivity contribution in [2.75, 3.05) is 0 Å². The molecule has 0 atom stereocenters. The zero-order valence-electron chi connectivity index (χ0n) is 2.12. The molecule has 0 spiro atoms. The van der Waals surface area contributed by atoms with E-state index in [0.29, 0.717) is 0 Å². The molecule has 0 saturated heterocycles. The van der Waals surface area contributed by atoms with Crippen LogP contribution < -0.4 is 5.26 Å². The molecule has 0 aliphatic heterocycles. The van der Waals surface area contributed by atoms with Crippen LogP contribution >= 0.6 is 0 Å². The summed E-state index contributed by atoms with van der Waals surface area (Å²) in [7, 11) is 0. The molecule has 0 aromatic carbocycles. The first kappa shape index (κ1) is 9.17. The molecule has 0 saturated carbocycles. The molecule has 0 heterocycles. The fourth-order valence-electron chi connectivity index (χ4n) is 0. The Morgan fingerprint density at radius 1 is 1.60 bits per heavy atom. The van der Waals surface area contributed by atoms with E-state index in [-0.39, 0.29) is 0 Å². The number of nitrogens with zero attached hydrogens (tertiary/aromatic N) is 2. The summed E-state index contributed by atoms with van der Waals surface area (Å²) in [5.74, 6) is 0. The summed E-state index contributed by atoms with van der Waals surface area (Å²) in [6, 6.07) is 0. The van der Waals surface area contributed by atoms with Gasteiger partial charge in [0.15, 0.2) is 4.75 Å². The summed E-state index contributed by atoms with van der Waals surface area (Å²) < 4.78 is 1.75. The quantitative estimate of drug-likeness (QED) is 0.158. The molecule has 0 N–H and O–H groups in total. The molecule has 0 unspecified atom stereocenters. The molecule has 5 heteroatoms. The molecule has 0 aromatic heterocycles. The van der Waals surface area contributed by atoms with E-state index in [1.54, 1.807) is 4.75 Å². The van der Waals surface area contributed by atoms with Gasteiger partial charge < -0.3 is 0 Å². The fourth-order valence-corrected chi connectivity index (χ4v) is 0. The highest BCUT2D eigenvalue weighted by molar-refractivity contribution is 4.20. The minimum Gasteiger partial charge on any atom is -0.0772 e. The maximum absolute atomic E-state index is 7.88. The van der Waals surface area contributed by atoms with E-state index in [1.807, 2.05) is 0 Å². The Morgan fingerprint density at radius 2 is 1.60 bits per heavy atom. The average molecular weight is 76.0 g/mol. The minimum atomic E-state index is 1.75. The molecule has 0 aliphatic rings. The topological polar surface area (TPSA) is 99.0 Å². The molecule has 0 aromatic rings. The van der Waals surface area contributed by atoms with Crippen LogP contribution in [0.2, 0.25) is 0 Å². The van der Waals surface area contributed by atoms with Crippen molar-refractivity contribution < 1.29 is 5.26 Å². The lowest BCUT2D eigenvalue weighted by Gasteiger charge is -1.19. The second-order valence-corrected chi connectivity index (χ2v) is 0.0680. The summed E-state index contributed by atoms with van der Waals surface area (Å²) in [6.07, 6.45) is 0. The van der Waals surface area contributed by atoms with Crippen molar-refractivity contribution in [2.45, 2.75) is 0 Å². The van der Waals surface area contributed by atoms with Crippen LogP contribution in [-0.2, 0) is 0 Å². The molecular weight excluding hydrogens is 76.0 g/mol. The van der Waals surface area contributed by atoms with Gasteiger partial charge in [-0.05, 0) is 0 Å². The highest BCUT2D eigenvalue weighted by atomic mass is 17.2. The molecule has 0 radical (unpaired) electrons. The Morgan fingerprint density at radius 3 is 1.60 bits per heavy atom. The van der Waals surface area contributed by atoms with E-state index in [4.69, 9.17) is 21.0 Å². The van der Waals surface area contributed by atoms with Gasteiger partial charge in [0.05, 0.1) is 0 Å². The van der Waals surface area contributed by atoms with Crippen LogP contribution in [0.25, 0.3) is 0 Å². The lowest BCUT2D eigenvalue weighted by atomic mass is 13.4. The van der Waals surface area contributed by atoms with E-state index in [2.05, 4.69) is 0 Å². The number of rotatable bonds is 0. The largest absolute Gasteiger partial charge is 0.154 e. The smallest absolute Gasteiger partial charge is 0.0772 e. The van der Waals surface area contributed by atoms with Crippen molar-refractivity contribution in [1.29, 1.82) is 10.8 Å². The Bertz CT molecular complexity index is 29.1. The standard InChI is InChI=1S/N2.O3/c1-2;1-3-2. The third-order valence-electron chi connectivity index (χ3n) is 0. The highest BCUT2D eigenvalue weighted by Crippen LogP contribution is 1.00. The van der Waals surface area contributed by atoms with Crippen LogP contribution in [-0.4, -0.2) is 0 Å². The normalized spacial score (nSPS) is 2.80. The van der Waals surface area contributed by atoms with Gasteiger partial charge in [-0.3, -0.25) is 0 Å². The minimum absolute atomic E-state index is 1.75. The number of hydrogen-bond acceptors (Lipinski definition) is 4. The van der Waals surface area contributed by atoms with Gasteiger partial charge in [0.2, 0.25) is 0 Å². The van der Waals surface area contributed by atoms with Gasteiger partial charge in [0, 0.05) is 10.8 Å². The van der Waals surface area contributed by atoms with Gasteiger partial charge in [-0.15, -0.1) is 0 Å². The Kier molecular flexibility index (Phi) is 529. The molecule has 0 bridgehead atoms. The monoisotopic (exact) mass is 76.0 g/mol. The van der Waals surface area contributed by atoms with Crippen LogP contribution in [0.1, 0.15) is 0 Å². The van der Waals surface area contributed by atoms with Crippen molar-refractivity contribution in [2.24, 2.45) is 0 Å². The predicted molar refractivity (Wildman–Crippen MR) is 10.2 cm³/mol. The lowest BCUT2D eigenvalue weighted by Crippen LogP contribution is -1.82. The van der Waals surface area contributed by atoms with Crippen molar-refractivity contribution in [3.8, 4) is 0 Å². The van der Waals surface area contributed by atoms with Crippen LogP contribution in [0.4, 0.5) is 0 Å². The summed E-state index contributed by atoms with van der Waals surface area (Å²) >= 11 is 0. The first-order valence-electron chi connectivity index (χ1n) is 0.533. The maximum atomic E-state index is 7.88. The Hall–Kier alpha value is -1.18. The Labute approximate surface area is 27.1 Å². The molecular formula is N2O3. The molecule has 0 rings (SSSR count). The molecule has 28 valence electrons. The molecule has 5 nitrogen and oxygen atoms in total. The van der Waals surface area contributed by atoms with Gasteiger partial charge in [-0.25, -0.2) is 0 Å². The average Bonchev–Trinajstić information content (AvgIpc) is 1.46. The van der Waals surface area contributed by atoms with Gasteiger partial charge in [0.25, 0.3) is 0 Å². The molecule has 5 heavy (non-hydrogen) atoms. The predicted octanol–water partition coefficient (Wildman–Crippen LogP) is -1.09. The number of hydrogen-bond donors (Lipinski definition) is 0. The lowest BCUT2D eigenvalue weighted by molar-refractivity contribution is -0.284.